The Morgan fingerprint density at radius 3 is 2.56 bits per heavy atom. The van der Waals surface area contributed by atoms with Gasteiger partial charge in [-0.2, -0.15) is 0 Å². The predicted octanol–water partition coefficient (Wildman–Crippen LogP) is 4.64. The maximum atomic E-state index is 6.24. The first kappa shape index (κ1) is 21.3. The van der Waals surface area contributed by atoms with Crippen molar-refractivity contribution in [2.24, 2.45) is 4.99 Å². The van der Waals surface area contributed by atoms with Gasteiger partial charge in [0.1, 0.15) is 0 Å². The van der Waals surface area contributed by atoms with E-state index in [0.717, 1.165) is 28.0 Å². The lowest BCUT2D eigenvalue weighted by molar-refractivity contribution is 0.938. The Balaban J connectivity index is 0.00000156. The van der Waals surface area contributed by atoms with Crippen LogP contribution in [0.25, 0.3) is 5.57 Å². The summed E-state index contributed by atoms with van der Waals surface area (Å²) in [5.41, 5.74) is 5.17. The molecule has 1 aliphatic heterocycles. The second-order valence-corrected chi connectivity index (χ2v) is 5.63. The number of benzene rings is 2. The third kappa shape index (κ3) is 5.11. The first-order valence-corrected chi connectivity index (χ1v) is 7.91. The number of rotatable bonds is 2. The van der Waals surface area contributed by atoms with Crippen LogP contribution in [0.15, 0.2) is 59.6 Å². The van der Waals surface area contributed by atoms with Gasteiger partial charge in [0, 0.05) is 21.7 Å². The molecule has 0 saturated heterocycles. The van der Waals surface area contributed by atoms with E-state index in [2.05, 4.69) is 35.4 Å². The van der Waals surface area contributed by atoms with Crippen molar-refractivity contribution >= 4 is 47.7 Å². The molecular weight excluding hydrogens is 375 g/mol. The number of nitrogens with zero attached hydrogens (tertiary/aromatic N) is 1. The van der Waals surface area contributed by atoms with Crippen molar-refractivity contribution in [3.63, 3.8) is 0 Å². The molecule has 0 bridgehead atoms. The Hall–Kier alpha value is -1.76. The predicted molar refractivity (Wildman–Crippen MR) is 113 cm³/mol. The fraction of sp³-hybridized carbons (Fsp3) is 0.150. The van der Waals surface area contributed by atoms with Crippen LogP contribution in [0.5, 0.6) is 0 Å². The van der Waals surface area contributed by atoms with E-state index in [1.54, 1.807) is 0 Å². The normalized spacial score (nSPS) is 12.1. The number of nitrogens with one attached hydrogen (secondary N) is 1. The first-order valence-electron chi connectivity index (χ1n) is 7.53. The number of fused-ring (bicyclic) bond motifs is 1. The van der Waals surface area contributed by atoms with E-state index in [1.165, 1.54) is 0 Å². The van der Waals surface area contributed by atoms with E-state index < -0.39 is 0 Å². The Labute approximate surface area is 166 Å². The van der Waals surface area contributed by atoms with E-state index in [4.69, 9.17) is 16.6 Å². The van der Waals surface area contributed by atoms with Gasteiger partial charge in [0.25, 0.3) is 0 Å². The lowest BCUT2D eigenvalue weighted by atomic mass is 9.94. The van der Waals surface area contributed by atoms with Crippen LogP contribution in [0, 0.1) is 11.8 Å². The SMILES string of the molecule is CNCC#CC1=CCN=C(c2ccccc2)c2cc(Cl)ccc21.Cl.Cl. The Kier molecular flexibility index (Phi) is 8.75. The summed E-state index contributed by atoms with van der Waals surface area (Å²) in [6, 6.07) is 16.1. The lowest BCUT2D eigenvalue weighted by Gasteiger charge is -2.11. The zero-order valence-corrected chi connectivity index (χ0v) is 16.1. The Bertz CT molecular complexity index is 831. The molecule has 0 unspecified atom stereocenters. The fourth-order valence-electron chi connectivity index (χ4n) is 2.56. The molecule has 130 valence electrons. The fourth-order valence-corrected chi connectivity index (χ4v) is 2.73. The average molecular weight is 394 g/mol. The molecule has 1 aliphatic rings. The van der Waals surface area contributed by atoms with Crippen molar-refractivity contribution in [3.05, 3.63) is 76.3 Å². The summed E-state index contributed by atoms with van der Waals surface area (Å²) >= 11 is 6.24. The van der Waals surface area contributed by atoms with Crippen molar-refractivity contribution in [3.8, 4) is 11.8 Å². The standard InChI is InChI=1S/C20H17ClN2.2ClH/c1-22-12-5-8-15-11-13-23-20(16-6-3-2-4-7-16)19-14-17(21)9-10-18(15)19;;/h2-4,6-7,9-11,14,22H,12-13H2,1H3;2*1H. The van der Waals surface area contributed by atoms with Gasteiger partial charge in [0.15, 0.2) is 0 Å². The summed E-state index contributed by atoms with van der Waals surface area (Å²) in [5.74, 6) is 6.37. The highest BCUT2D eigenvalue weighted by molar-refractivity contribution is 6.31. The summed E-state index contributed by atoms with van der Waals surface area (Å²) in [6.45, 7) is 1.27. The highest BCUT2D eigenvalue weighted by Crippen LogP contribution is 2.27. The van der Waals surface area contributed by atoms with E-state index in [0.29, 0.717) is 18.1 Å². The highest BCUT2D eigenvalue weighted by atomic mass is 35.5. The molecule has 2 aromatic carbocycles. The van der Waals surface area contributed by atoms with Gasteiger partial charge in [-0.25, -0.2) is 0 Å². The highest BCUT2D eigenvalue weighted by Gasteiger charge is 2.16. The van der Waals surface area contributed by atoms with Crippen molar-refractivity contribution in [2.75, 3.05) is 20.1 Å². The number of aliphatic imine (C=N–C) groups is 1. The number of hydrogen-bond acceptors (Lipinski definition) is 2. The van der Waals surface area contributed by atoms with Crippen LogP contribution in [-0.2, 0) is 0 Å². The molecule has 0 atom stereocenters. The third-order valence-corrected chi connectivity index (χ3v) is 3.84. The van der Waals surface area contributed by atoms with E-state index >= 15 is 0 Å². The molecule has 25 heavy (non-hydrogen) atoms. The first-order chi connectivity index (χ1) is 11.3. The molecule has 0 aliphatic carbocycles. The number of hydrogen-bond donors (Lipinski definition) is 1. The molecule has 0 amide bonds. The Morgan fingerprint density at radius 1 is 1.08 bits per heavy atom. The van der Waals surface area contributed by atoms with Crippen LogP contribution in [-0.4, -0.2) is 25.8 Å². The molecule has 3 rings (SSSR count). The molecule has 0 saturated carbocycles. The largest absolute Gasteiger partial charge is 0.309 e. The molecular formula is C20H19Cl3N2. The van der Waals surface area contributed by atoms with Crippen molar-refractivity contribution in [1.82, 2.24) is 5.32 Å². The molecule has 0 radical (unpaired) electrons. The molecule has 0 aromatic heterocycles. The van der Waals surface area contributed by atoms with Crippen LogP contribution in [0.4, 0.5) is 0 Å². The molecule has 0 spiro atoms. The minimum Gasteiger partial charge on any atom is -0.309 e. The van der Waals surface area contributed by atoms with Crippen molar-refractivity contribution < 1.29 is 0 Å². The monoisotopic (exact) mass is 392 g/mol. The van der Waals surface area contributed by atoms with Crippen LogP contribution in [0.2, 0.25) is 5.02 Å². The topological polar surface area (TPSA) is 24.4 Å². The molecule has 1 heterocycles. The smallest absolute Gasteiger partial charge is 0.0729 e. The average Bonchev–Trinajstić information content (AvgIpc) is 2.75. The van der Waals surface area contributed by atoms with Gasteiger partial charge in [-0.3, -0.25) is 4.99 Å². The number of halogens is 3. The van der Waals surface area contributed by atoms with Crippen molar-refractivity contribution in [1.29, 1.82) is 0 Å². The maximum Gasteiger partial charge on any atom is 0.0729 e. The molecule has 1 N–H and O–H groups in total. The maximum absolute atomic E-state index is 6.24. The molecule has 2 nitrogen and oxygen atoms in total. The van der Waals surface area contributed by atoms with Gasteiger partial charge >= 0.3 is 0 Å². The molecule has 0 fully saturated rings. The van der Waals surface area contributed by atoms with E-state index in [-0.39, 0.29) is 24.8 Å². The summed E-state index contributed by atoms with van der Waals surface area (Å²) < 4.78 is 0. The van der Waals surface area contributed by atoms with Gasteiger partial charge in [0.05, 0.1) is 18.8 Å². The van der Waals surface area contributed by atoms with Gasteiger partial charge in [-0.15, -0.1) is 24.8 Å². The van der Waals surface area contributed by atoms with Gasteiger partial charge in [0.2, 0.25) is 0 Å². The zero-order chi connectivity index (χ0) is 16.1. The van der Waals surface area contributed by atoms with Gasteiger partial charge in [-0.1, -0.05) is 59.8 Å². The molecule has 2 aromatic rings. The summed E-state index contributed by atoms with van der Waals surface area (Å²) in [5, 5.41) is 3.75. The van der Waals surface area contributed by atoms with Crippen LogP contribution >= 0.6 is 36.4 Å². The second-order valence-electron chi connectivity index (χ2n) is 5.20. The lowest BCUT2D eigenvalue weighted by Crippen LogP contribution is -2.06. The van der Waals surface area contributed by atoms with Gasteiger partial charge < -0.3 is 5.32 Å². The van der Waals surface area contributed by atoms with Crippen LogP contribution in [0.1, 0.15) is 16.7 Å². The van der Waals surface area contributed by atoms with Gasteiger partial charge in [-0.05, 0) is 30.8 Å². The van der Waals surface area contributed by atoms with Crippen LogP contribution < -0.4 is 5.32 Å². The minimum absolute atomic E-state index is 0. The second kappa shape index (κ2) is 10.3. The minimum atomic E-state index is 0. The summed E-state index contributed by atoms with van der Waals surface area (Å²) in [4.78, 5) is 4.75. The Morgan fingerprint density at radius 2 is 1.84 bits per heavy atom. The molecule has 5 heteroatoms. The van der Waals surface area contributed by atoms with E-state index in [9.17, 15) is 0 Å². The van der Waals surface area contributed by atoms with Crippen LogP contribution in [0.3, 0.4) is 0 Å². The van der Waals surface area contributed by atoms with E-state index in [1.807, 2.05) is 43.4 Å². The quantitative estimate of drug-likeness (QED) is 0.738. The zero-order valence-electron chi connectivity index (χ0n) is 13.8. The number of allylic oxidation sites excluding steroid dienone is 1. The summed E-state index contributed by atoms with van der Waals surface area (Å²) in [7, 11) is 1.89. The summed E-state index contributed by atoms with van der Waals surface area (Å²) in [6.07, 6.45) is 2.07. The third-order valence-electron chi connectivity index (χ3n) is 3.61. The van der Waals surface area contributed by atoms with Crippen molar-refractivity contribution in [2.45, 2.75) is 0 Å².